The molecule has 3 aromatic rings. The number of nitrogens with two attached hydrogens (primary N) is 1. The molecule has 1 nitrogen and oxygen atoms in total. The molecular weight excluding hydrogens is 309 g/mol. The molecule has 0 radical (unpaired) electrons. The lowest BCUT2D eigenvalue weighted by Crippen LogP contribution is -2.12. The Kier molecular flexibility index (Phi) is 3.99. The molecule has 0 spiro atoms. The van der Waals surface area contributed by atoms with Crippen LogP contribution in [0.3, 0.4) is 0 Å². The van der Waals surface area contributed by atoms with Crippen molar-refractivity contribution in [2.45, 2.75) is 12.5 Å². The summed E-state index contributed by atoms with van der Waals surface area (Å²) < 4.78 is 1.36. The van der Waals surface area contributed by atoms with Gasteiger partial charge in [-0.3, -0.25) is 0 Å². The van der Waals surface area contributed by atoms with Crippen LogP contribution in [0.2, 0.25) is 8.67 Å². The van der Waals surface area contributed by atoms with E-state index >= 15 is 0 Å². The first-order valence-corrected chi connectivity index (χ1v) is 7.89. The minimum Gasteiger partial charge on any atom is -0.324 e. The van der Waals surface area contributed by atoms with Crippen molar-refractivity contribution in [3.63, 3.8) is 0 Å². The molecular formula is C16H13Cl2NS. The Morgan fingerprint density at radius 2 is 1.75 bits per heavy atom. The van der Waals surface area contributed by atoms with Gasteiger partial charge in [-0.05, 0) is 28.8 Å². The molecule has 4 heteroatoms. The van der Waals surface area contributed by atoms with Crippen LogP contribution in [0.4, 0.5) is 0 Å². The van der Waals surface area contributed by atoms with Gasteiger partial charge in [0.25, 0.3) is 0 Å². The molecule has 3 rings (SSSR count). The first kappa shape index (κ1) is 13.9. The number of benzene rings is 2. The molecule has 2 aromatic carbocycles. The summed E-state index contributed by atoms with van der Waals surface area (Å²) in [5.74, 6) is 0. The highest BCUT2D eigenvalue weighted by molar-refractivity contribution is 7.20. The van der Waals surface area contributed by atoms with E-state index in [1.54, 1.807) is 0 Å². The lowest BCUT2D eigenvalue weighted by Gasteiger charge is -2.11. The minimum absolute atomic E-state index is 0.132. The fraction of sp³-hybridized carbons (Fsp3) is 0.125. The van der Waals surface area contributed by atoms with Gasteiger partial charge in [-0.1, -0.05) is 65.7 Å². The molecule has 1 unspecified atom stereocenters. The first-order chi connectivity index (χ1) is 9.63. The van der Waals surface area contributed by atoms with Gasteiger partial charge < -0.3 is 5.73 Å². The summed E-state index contributed by atoms with van der Waals surface area (Å²) in [6, 6.07) is 16.4. The highest BCUT2D eigenvalue weighted by Gasteiger charge is 2.14. The third-order valence-electron chi connectivity index (χ3n) is 3.35. The van der Waals surface area contributed by atoms with Crippen LogP contribution in [-0.2, 0) is 6.42 Å². The van der Waals surface area contributed by atoms with Gasteiger partial charge in [0.15, 0.2) is 0 Å². The molecule has 0 amide bonds. The standard InChI is InChI=1S/C16H13Cl2NS/c17-15-9-13(16(18)20-15)14(19)8-10-5-6-11-3-1-2-4-12(11)7-10/h1-7,9,14H,8,19H2. The summed E-state index contributed by atoms with van der Waals surface area (Å²) in [6.45, 7) is 0. The van der Waals surface area contributed by atoms with Gasteiger partial charge in [-0.25, -0.2) is 0 Å². The van der Waals surface area contributed by atoms with Crippen LogP contribution < -0.4 is 5.73 Å². The minimum atomic E-state index is -0.132. The molecule has 0 bridgehead atoms. The number of hydrogen-bond acceptors (Lipinski definition) is 2. The molecule has 0 aliphatic rings. The molecule has 1 heterocycles. The second kappa shape index (κ2) is 5.74. The second-order valence-electron chi connectivity index (χ2n) is 4.77. The number of hydrogen-bond donors (Lipinski definition) is 1. The summed E-state index contributed by atoms with van der Waals surface area (Å²) in [5.41, 5.74) is 8.38. The summed E-state index contributed by atoms with van der Waals surface area (Å²) in [7, 11) is 0. The van der Waals surface area contributed by atoms with E-state index in [4.69, 9.17) is 28.9 Å². The van der Waals surface area contributed by atoms with E-state index in [9.17, 15) is 0 Å². The molecule has 0 aliphatic carbocycles. The maximum absolute atomic E-state index is 6.25. The lowest BCUT2D eigenvalue weighted by atomic mass is 9.99. The van der Waals surface area contributed by atoms with E-state index in [1.165, 1.54) is 27.7 Å². The van der Waals surface area contributed by atoms with Gasteiger partial charge in [0.05, 0.1) is 8.67 Å². The van der Waals surface area contributed by atoms with Gasteiger partial charge in [0.2, 0.25) is 0 Å². The molecule has 2 N–H and O–H groups in total. The average molecular weight is 322 g/mol. The maximum atomic E-state index is 6.25. The fourth-order valence-electron chi connectivity index (χ4n) is 2.34. The van der Waals surface area contributed by atoms with Gasteiger partial charge in [0, 0.05) is 11.6 Å². The Hall–Kier alpha value is -1.06. The van der Waals surface area contributed by atoms with Crippen LogP contribution >= 0.6 is 34.5 Å². The Bertz CT molecular complexity index is 751. The van der Waals surface area contributed by atoms with Crippen LogP contribution in [0.5, 0.6) is 0 Å². The SMILES string of the molecule is NC(Cc1ccc2ccccc2c1)c1cc(Cl)sc1Cl. The van der Waals surface area contributed by atoms with Crippen molar-refractivity contribution in [3.05, 3.63) is 68.3 Å². The molecule has 0 aliphatic heterocycles. The van der Waals surface area contributed by atoms with Crippen LogP contribution in [0.25, 0.3) is 10.8 Å². The quantitative estimate of drug-likeness (QED) is 0.681. The van der Waals surface area contributed by atoms with Crippen molar-refractivity contribution in [3.8, 4) is 0 Å². The Morgan fingerprint density at radius 3 is 2.45 bits per heavy atom. The van der Waals surface area contributed by atoms with Crippen molar-refractivity contribution < 1.29 is 0 Å². The Morgan fingerprint density at radius 1 is 1.00 bits per heavy atom. The average Bonchev–Trinajstić information content (AvgIpc) is 2.78. The molecule has 20 heavy (non-hydrogen) atoms. The molecule has 0 saturated heterocycles. The molecule has 0 fully saturated rings. The monoisotopic (exact) mass is 321 g/mol. The molecule has 1 atom stereocenters. The first-order valence-electron chi connectivity index (χ1n) is 6.31. The van der Waals surface area contributed by atoms with E-state index < -0.39 is 0 Å². The zero-order valence-corrected chi connectivity index (χ0v) is 13.0. The topological polar surface area (TPSA) is 26.0 Å². The van der Waals surface area contributed by atoms with Gasteiger partial charge in [-0.15, -0.1) is 11.3 Å². The van der Waals surface area contributed by atoms with Crippen molar-refractivity contribution in [1.29, 1.82) is 0 Å². The third-order valence-corrected chi connectivity index (χ3v) is 4.87. The van der Waals surface area contributed by atoms with E-state index in [1.807, 2.05) is 18.2 Å². The van der Waals surface area contributed by atoms with E-state index in [0.717, 1.165) is 12.0 Å². The molecule has 1 aromatic heterocycles. The lowest BCUT2D eigenvalue weighted by molar-refractivity contribution is 0.726. The van der Waals surface area contributed by atoms with Gasteiger partial charge in [-0.2, -0.15) is 0 Å². The number of halogens is 2. The third kappa shape index (κ3) is 2.84. The summed E-state index contributed by atoms with van der Waals surface area (Å²) in [4.78, 5) is 0. The van der Waals surface area contributed by atoms with E-state index in [0.29, 0.717) is 8.67 Å². The highest BCUT2D eigenvalue weighted by Crippen LogP contribution is 2.35. The fourth-order valence-corrected chi connectivity index (χ4v) is 3.93. The van der Waals surface area contributed by atoms with Crippen molar-refractivity contribution in [1.82, 2.24) is 0 Å². The zero-order valence-electron chi connectivity index (χ0n) is 10.6. The van der Waals surface area contributed by atoms with Crippen molar-refractivity contribution in [2.75, 3.05) is 0 Å². The normalized spacial score (nSPS) is 12.8. The number of thiophene rings is 1. The largest absolute Gasteiger partial charge is 0.324 e. The Balaban J connectivity index is 1.87. The highest BCUT2D eigenvalue weighted by atomic mass is 35.5. The summed E-state index contributed by atoms with van der Waals surface area (Å²) >= 11 is 13.5. The summed E-state index contributed by atoms with van der Waals surface area (Å²) in [5, 5.41) is 2.47. The number of fused-ring (bicyclic) bond motifs is 1. The van der Waals surface area contributed by atoms with E-state index in [-0.39, 0.29) is 6.04 Å². The predicted octanol–water partition coefficient (Wildman–Crippen LogP) is 5.45. The molecule has 0 saturated carbocycles. The van der Waals surface area contributed by atoms with E-state index in [2.05, 4.69) is 30.3 Å². The molecule has 102 valence electrons. The zero-order chi connectivity index (χ0) is 14.1. The van der Waals surface area contributed by atoms with Crippen LogP contribution in [0.1, 0.15) is 17.2 Å². The maximum Gasteiger partial charge on any atom is 0.0992 e. The van der Waals surface area contributed by atoms with Crippen molar-refractivity contribution >= 4 is 45.3 Å². The second-order valence-corrected chi connectivity index (χ2v) is 7.06. The van der Waals surface area contributed by atoms with Crippen LogP contribution in [0, 0.1) is 0 Å². The van der Waals surface area contributed by atoms with Gasteiger partial charge >= 0.3 is 0 Å². The number of rotatable bonds is 3. The predicted molar refractivity (Wildman–Crippen MR) is 88.9 cm³/mol. The Labute approximate surface area is 131 Å². The smallest absolute Gasteiger partial charge is 0.0992 e. The van der Waals surface area contributed by atoms with Crippen LogP contribution in [-0.4, -0.2) is 0 Å². The van der Waals surface area contributed by atoms with Crippen molar-refractivity contribution in [2.24, 2.45) is 5.73 Å². The summed E-state index contributed by atoms with van der Waals surface area (Å²) in [6.07, 6.45) is 0.748. The van der Waals surface area contributed by atoms with Gasteiger partial charge in [0.1, 0.15) is 0 Å². The van der Waals surface area contributed by atoms with Crippen LogP contribution in [0.15, 0.2) is 48.5 Å².